The van der Waals surface area contributed by atoms with Gasteiger partial charge in [0.15, 0.2) is 0 Å². The molecule has 3 nitrogen and oxygen atoms in total. The van der Waals surface area contributed by atoms with Crippen molar-refractivity contribution in [1.29, 1.82) is 0 Å². The van der Waals surface area contributed by atoms with Crippen molar-refractivity contribution in [3.8, 4) is 0 Å². The van der Waals surface area contributed by atoms with Gasteiger partial charge in [0.2, 0.25) is 5.91 Å². The number of rotatable bonds is 2. The molecule has 0 aromatic carbocycles. The van der Waals surface area contributed by atoms with Crippen LogP contribution in [0.25, 0.3) is 0 Å². The van der Waals surface area contributed by atoms with Crippen LogP contribution in [0.1, 0.15) is 26.2 Å². The Bertz CT molecular complexity index is 203. The summed E-state index contributed by atoms with van der Waals surface area (Å²) in [6, 6.07) is -0.314. The first-order valence-corrected chi connectivity index (χ1v) is 4.86. The molecule has 0 spiro atoms. The number of carbonyl (C=O) groups is 1. The van der Waals surface area contributed by atoms with E-state index in [1.54, 1.807) is 0 Å². The number of carbonyl (C=O) groups excluding carboxylic acids is 1. The third-order valence-corrected chi connectivity index (χ3v) is 2.54. The van der Waals surface area contributed by atoms with E-state index in [2.05, 4.69) is 6.58 Å². The van der Waals surface area contributed by atoms with E-state index in [0.717, 1.165) is 32.4 Å². The summed E-state index contributed by atoms with van der Waals surface area (Å²) < 4.78 is 0. The van der Waals surface area contributed by atoms with Crippen LogP contribution in [-0.4, -0.2) is 29.9 Å². The molecule has 1 aliphatic rings. The van der Waals surface area contributed by atoms with Gasteiger partial charge in [-0.25, -0.2) is 0 Å². The van der Waals surface area contributed by atoms with Crippen molar-refractivity contribution in [2.75, 3.05) is 13.1 Å². The third-order valence-electron chi connectivity index (χ3n) is 2.54. The lowest BCUT2D eigenvalue weighted by atomic mass is 10.0. The molecule has 13 heavy (non-hydrogen) atoms. The van der Waals surface area contributed by atoms with Gasteiger partial charge >= 0.3 is 0 Å². The molecule has 0 aromatic heterocycles. The molecule has 0 aliphatic carbocycles. The lowest BCUT2D eigenvalue weighted by molar-refractivity contribution is -0.133. The van der Waals surface area contributed by atoms with Crippen molar-refractivity contribution in [1.82, 2.24) is 4.90 Å². The summed E-state index contributed by atoms with van der Waals surface area (Å²) in [6.07, 6.45) is 2.58. The number of hydrogen-bond donors (Lipinski definition) is 1. The summed E-state index contributed by atoms with van der Waals surface area (Å²) in [5.41, 5.74) is 6.91. The van der Waals surface area contributed by atoms with Crippen molar-refractivity contribution in [2.45, 2.75) is 32.2 Å². The number of piperidine rings is 1. The van der Waals surface area contributed by atoms with Crippen molar-refractivity contribution in [3.63, 3.8) is 0 Å². The van der Waals surface area contributed by atoms with Crippen LogP contribution in [0.2, 0.25) is 0 Å². The maximum Gasteiger partial charge on any atom is 0.239 e. The molecule has 0 radical (unpaired) electrons. The Morgan fingerprint density at radius 1 is 1.62 bits per heavy atom. The first kappa shape index (κ1) is 10.3. The summed E-state index contributed by atoms with van der Waals surface area (Å²) in [4.78, 5) is 13.5. The predicted octanol–water partition coefficient (Wildman–Crippen LogP) is 0.902. The summed E-state index contributed by atoms with van der Waals surface area (Å²) in [5.74, 6) is 0.0926. The molecule has 1 saturated heterocycles. The molecular formula is C10H18N2O. The van der Waals surface area contributed by atoms with E-state index in [1.807, 2.05) is 11.8 Å². The summed E-state index contributed by atoms with van der Waals surface area (Å²) in [6.45, 7) is 7.43. The van der Waals surface area contributed by atoms with E-state index >= 15 is 0 Å². The Morgan fingerprint density at radius 3 is 2.62 bits per heavy atom. The molecule has 1 atom stereocenters. The minimum Gasteiger partial charge on any atom is -0.341 e. The van der Waals surface area contributed by atoms with E-state index in [-0.39, 0.29) is 11.9 Å². The van der Waals surface area contributed by atoms with Gasteiger partial charge in [-0.05, 0) is 19.3 Å². The van der Waals surface area contributed by atoms with Crippen LogP contribution in [0.4, 0.5) is 0 Å². The van der Waals surface area contributed by atoms with Gasteiger partial charge in [-0.3, -0.25) is 4.79 Å². The molecule has 1 aliphatic heterocycles. The van der Waals surface area contributed by atoms with Crippen LogP contribution in [0.3, 0.4) is 0 Å². The topological polar surface area (TPSA) is 46.3 Å². The average molecular weight is 182 g/mol. The van der Waals surface area contributed by atoms with Gasteiger partial charge in [0.05, 0.1) is 6.04 Å². The van der Waals surface area contributed by atoms with Gasteiger partial charge in [0.1, 0.15) is 0 Å². The van der Waals surface area contributed by atoms with Gasteiger partial charge < -0.3 is 10.6 Å². The zero-order valence-corrected chi connectivity index (χ0v) is 8.25. The lowest BCUT2D eigenvalue weighted by Crippen LogP contribution is -2.45. The molecular weight excluding hydrogens is 164 g/mol. The summed E-state index contributed by atoms with van der Waals surface area (Å²) in [7, 11) is 0. The normalized spacial score (nSPS) is 20.2. The van der Waals surface area contributed by atoms with Gasteiger partial charge in [0.25, 0.3) is 0 Å². The maximum absolute atomic E-state index is 11.6. The van der Waals surface area contributed by atoms with E-state index in [1.165, 1.54) is 5.57 Å². The maximum atomic E-state index is 11.6. The molecule has 1 rings (SSSR count). The first-order valence-electron chi connectivity index (χ1n) is 4.86. The molecule has 74 valence electrons. The van der Waals surface area contributed by atoms with E-state index in [4.69, 9.17) is 5.73 Å². The Labute approximate surface area is 79.6 Å². The fraction of sp³-hybridized carbons (Fsp3) is 0.700. The van der Waals surface area contributed by atoms with Crippen LogP contribution >= 0.6 is 0 Å². The fourth-order valence-corrected chi connectivity index (χ4v) is 1.45. The molecule has 0 aromatic rings. The third kappa shape index (κ3) is 2.56. The quantitative estimate of drug-likeness (QED) is 0.645. The second kappa shape index (κ2) is 4.42. The summed E-state index contributed by atoms with van der Waals surface area (Å²) >= 11 is 0. The Morgan fingerprint density at radius 2 is 2.15 bits per heavy atom. The smallest absolute Gasteiger partial charge is 0.239 e. The number of nitrogens with zero attached hydrogens (tertiary/aromatic N) is 1. The number of hydrogen-bond acceptors (Lipinski definition) is 2. The Kier molecular flexibility index (Phi) is 3.48. The minimum absolute atomic E-state index is 0.0926. The molecule has 0 bridgehead atoms. The van der Waals surface area contributed by atoms with Gasteiger partial charge in [-0.1, -0.05) is 19.1 Å². The molecule has 0 unspecified atom stereocenters. The zero-order valence-electron chi connectivity index (χ0n) is 8.25. The predicted molar refractivity (Wildman–Crippen MR) is 53.2 cm³/mol. The molecule has 2 N–H and O–H groups in total. The molecule has 1 amide bonds. The van der Waals surface area contributed by atoms with Gasteiger partial charge in [0, 0.05) is 13.1 Å². The second-order valence-corrected chi connectivity index (χ2v) is 3.59. The van der Waals surface area contributed by atoms with Crippen LogP contribution in [0.5, 0.6) is 0 Å². The highest BCUT2D eigenvalue weighted by atomic mass is 16.2. The summed E-state index contributed by atoms with van der Waals surface area (Å²) in [5, 5.41) is 0. The fourth-order valence-electron chi connectivity index (χ4n) is 1.45. The second-order valence-electron chi connectivity index (χ2n) is 3.59. The zero-order chi connectivity index (χ0) is 9.84. The first-order chi connectivity index (χ1) is 6.15. The SMILES string of the molecule is C=C1CCN(C(=O)[C@@H](N)CC)CC1. The van der Waals surface area contributed by atoms with Crippen molar-refractivity contribution < 1.29 is 4.79 Å². The van der Waals surface area contributed by atoms with Gasteiger partial charge in [-0.15, -0.1) is 0 Å². The van der Waals surface area contributed by atoms with Crippen LogP contribution in [0, 0.1) is 0 Å². The van der Waals surface area contributed by atoms with Crippen LogP contribution < -0.4 is 5.73 Å². The van der Waals surface area contributed by atoms with Gasteiger partial charge in [-0.2, -0.15) is 0 Å². The minimum atomic E-state index is -0.314. The number of amides is 1. The van der Waals surface area contributed by atoms with Crippen LogP contribution in [0.15, 0.2) is 12.2 Å². The van der Waals surface area contributed by atoms with Crippen molar-refractivity contribution in [3.05, 3.63) is 12.2 Å². The van der Waals surface area contributed by atoms with E-state index in [9.17, 15) is 4.79 Å². The van der Waals surface area contributed by atoms with Crippen molar-refractivity contribution >= 4 is 5.91 Å². The highest BCUT2D eigenvalue weighted by Crippen LogP contribution is 2.14. The molecule has 3 heteroatoms. The monoisotopic (exact) mass is 182 g/mol. The molecule has 0 saturated carbocycles. The van der Waals surface area contributed by atoms with E-state index in [0.29, 0.717) is 0 Å². The molecule has 1 heterocycles. The molecule has 1 fully saturated rings. The largest absolute Gasteiger partial charge is 0.341 e. The lowest BCUT2D eigenvalue weighted by Gasteiger charge is -2.29. The standard InChI is InChI=1S/C10H18N2O/c1-3-9(11)10(13)12-6-4-8(2)5-7-12/h9H,2-7,11H2,1H3/t9-/m0/s1. The number of likely N-dealkylation sites (tertiary alicyclic amines) is 1. The number of nitrogens with two attached hydrogens (primary N) is 1. The highest BCUT2D eigenvalue weighted by molar-refractivity contribution is 5.81. The highest BCUT2D eigenvalue weighted by Gasteiger charge is 2.21. The van der Waals surface area contributed by atoms with Crippen LogP contribution in [-0.2, 0) is 4.79 Å². The Hall–Kier alpha value is -0.830. The van der Waals surface area contributed by atoms with E-state index < -0.39 is 0 Å². The van der Waals surface area contributed by atoms with Crippen molar-refractivity contribution in [2.24, 2.45) is 5.73 Å². The average Bonchev–Trinajstić information content (AvgIpc) is 2.17. The Balaban J connectivity index is 2.44.